The van der Waals surface area contributed by atoms with Gasteiger partial charge in [0.15, 0.2) is 0 Å². The summed E-state index contributed by atoms with van der Waals surface area (Å²) in [6.07, 6.45) is 4.05. The average molecular weight is 302 g/mol. The quantitative estimate of drug-likeness (QED) is 0.654. The summed E-state index contributed by atoms with van der Waals surface area (Å²) in [6, 6.07) is 5.36. The van der Waals surface area contributed by atoms with E-state index in [2.05, 4.69) is 12.2 Å². The zero-order chi connectivity index (χ0) is 14.8. The maximum absolute atomic E-state index is 13.2. The molecule has 0 heterocycles. The van der Waals surface area contributed by atoms with Crippen LogP contribution in [0.4, 0.5) is 4.39 Å². The van der Waals surface area contributed by atoms with Crippen LogP contribution in [0.15, 0.2) is 18.2 Å². The first-order valence-electron chi connectivity index (χ1n) is 7.42. The Morgan fingerprint density at radius 2 is 2.15 bits per heavy atom. The minimum atomic E-state index is -0.357. The van der Waals surface area contributed by atoms with Gasteiger partial charge in [0.05, 0.1) is 5.02 Å². The highest BCUT2D eigenvalue weighted by atomic mass is 35.5. The molecule has 0 saturated heterocycles. The zero-order valence-electron chi connectivity index (χ0n) is 12.4. The predicted octanol–water partition coefficient (Wildman–Crippen LogP) is 4.21. The fourth-order valence-corrected chi connectivity index (χ4v) is 2.36. The lowest BCUT2D eigenvalue weighted by Gasteiger charge is -2.19. The van der Waals surface area contributed by atoms with E-state index < -0.39 is 0 Å². The van der Waals surface area contributed by atoms with Crippen molar-refractivity contribution in [1.29, 1.82) is 0 Å². The molecule has 0 aliphatic heterocycles. The molecule has 20 heavy (non-hydrogen) atoms. The van der Waals surface area contributed by atoms with Crippen molar-refractivity contribution in [2.75, 3.05) is 19.8 Å². The number of nitrogens with one attached hydrogen (secondary N) is 1. The summed E-state index contributed by atoms with van der Waals surface area (Å²) in [6.45, 7) is 6.71. The molecular formula is C16H25ClFNO. The second-order valence-electron chi connectivity index (χ2n) is 4.94. The smallest absolute Gasteiger partial charge is 0.141 e. The van der Waals surface area contributed by atoms with Crippen molar-refractivity contribution in [3.63, 3.8) is 0 Å². The standard InChI is InChI=1S/C16H25ClFNO/c1-3-9-19-14(6-5-10-20-4-2)11-13-7-8-16(18)15(17)12-13/h7-8,12,14,19H,3-6,9-11H2,1-2H3. The molecule has 1 unspecified atom stereocenters. The topological polar surface area (TPSA) is 21.3 Å². The van der Waals surface area contributed by atoms with E-state index in [9.17, 15) is 4.39 Å². The van der Waals surface area contributed by atoms with Crippen LogP contribution in [0.5, 0.6) is 0 Å². The molecule has 0 aliphatic carbocycles. The zero-order valence-corrected chi connectivity index (χ0v) is 13.2. The molecule has 0 aliphatic rings. The molecule has 1 aromatic rings. The van der Waals surface area contributed by atoms with Crippen molar-refractivity contribution in [3.8, 4) is 0 Å². The molecule has 0 spiro atoms. The van der Waals surface area contributed by atoms with Gasteiger partial charge in [0.25, 0.3) is 0 Å². The van der Waals surface area contributed by atoms with Crippen molar-refractivity contribution in [3.05, 3.63) is 34.6 Å². The summed E-state index contributed by atoms with van der Waals surface area (Å²) < 4.78 is 18.5. The van der Waals surface area contributed by atoms with E-state index in [0.717, 1.165) is 51.0 Å². The Balaban J connectivity index is 2.51. The molecule has 1 aromatic carbocycles. The predicted molar refractivity (Wildman–Crippen MR) is 82.9 cm³/mol. The molecule has 0 fully saturated rings. The molecule has 4 heteroatoms. The van der Waals surface area contributed by atoms with Gasteiger partial charge >= 0.3 is 0 Å². The average Bonchev–Trinajstić information content (AvgIpc) is 2.44. The van der Waals surface area contributed by atoms with E-state index in [-0.39, 0.29) is 10.8 Å². The monoisotopic (exact) mass is 301 g/mol. The van der Waals surface area contributed by atoms with Crippen molar-refractivity contribution >= 4 is 11.6 Å². The molecular weight excluding hydrogens is 277 g/mol. The van der Waals surface area contributed by atoms with E-state index in [1.807, 2.05) is 13.0 Å². The molecule has 0 bridgehead atoms. The first kappa shape index (κ1) is 17.4. The van der Waals surface area contributed by atoms with Gasteiger partial charge in [0.2, 0.25) is 0 Å². The molecule has 0 saturated carbocycles. The van der Waals surface area contributed by atoms with Gasteiger partial charge in [-0.05, 0) is 56.8 Å². The minimum absolute atomic E-state index is 0.200. The SMILES string of the molecule is CCCNC(CCCOCC)Cc1ccc(F)c(Cl)c1. The summed E-state index contributed by atoms with van der Waals surface area (Å²) in [5.74, 6) is -0.357. The molecule has 1 N–H and O–H groups in total. The van der Waals surface area contributed by atoms with E-state index in [1.165, 1.54) is 6.07 Å². The number of halogens is 2. The van der Waals surface area contributed by atoms with Crippen molar-refractivity contribution < 1.29 is 9.13 Å². The molecule has 1 rings (SSSR count). The highest BCUT2D eigenvalue weighted by Gasteiger charge is 2.10. The van der Waals surface area contributed by atoms with Gasteiger partial charge in [-0.15, -0.1) is 0 Å². The highest BCUT2D eigenvalue weighted by molar-refractivity contribution is 6.30. The maximum Gasteiger partial charge on any atom is 0.141 e. The van der Waals surface area contributed by atoms with Crippen molar-refractivity contribution in [2.45, 2.75) is 45.6 Å². The normalized spacial score (nSPS) is 12.6. The molecule has 1 atom stereocenters. The van der Waals surface area contributed by atoms with Crippen LogP contribution in [0.3, 0.4) is 0 Å². The number of benzene rings is 1. The summed E-state index contributed by atoms with van der Waals surface area (Å²) >= 11 is 5.83. The Labute approximate surface area is 126 Å². The molecule has 0 aromatic heterocycles. The van der Waals surface area contributed by atoms with Crippen LogP contribution in [-0.4, -0.2) is 25.8 Å². The van der Waals surface area contributed by atoms with Gasteiger partial charge in [-0.25, -0.2) is 4.39 Å². The number of hydrogen-bond donors (Lipinski definition) is 1. The molecule has 114 valence electrons. The van der Waals surface area contributed by atoms with Crippen LogP contribution in [0.2, 0.25) is 5.02 Å². The van der Waals surface area contributed by atoms with E-state index in [1.54, 1.807) is 6.07 Å². The third-order valence-electron chi connectivity index (χ3n) is 3.19. The van der Waals surface area contributed by atoms with Gasteiger partial charge in [0, 0.05) is 19.3 Å². The lowest BCUT2D eigenvalue weighted by atomic mass is 10.0. The Morgan fingerprint density at radius 3 is 2.80 bits per heavy atom. The Morgan fingerprint density at radius 1 is 1.35 bits per heavy atom. The van der Waals surface area contributed by atoms with Crippen LogP contribution in [-0.2, 0) is 11.2 Å². The van der Waals surface area contributed by atoms with Gasteiger partial charge in [-0.1, -0.05) is 24.6 Å². The Kier molecular flexibility index (Phi) is 8.83. The number of hydrogen-bond acceptors (Lipinski definition) is 2. The van der Waals surface area contributed by atoms with Gasteiger partial charge in [0.1, 0.15) is 5.82 Å². The summed E-state index contributed by atoms with van der Waals surface area (Å²) in [4.78, 5) is 0. The molecule has 0 amide bonds. The van der Waals surface area contributed by atoms with Gasteiger partial charge in [-0.3, -0.25) is 0 Å². The van der Waals surface area contributed by atoms with Gasteiger partial charge < -0.3 is 10.1 Å². The summed E-state index contributed by atoms with van der Waals surface area (Å²) in [5.41, 5.74) is 1.07. The van der Waals surface area contributed by atoms with E-state index in [0.29, 0.717) is 6.04 Å². The first-order chi connectivity index (χ1) is 9.67. The third-order valence-corrected chi connectivity index (χ3v) is 3.48. The number of rotatable bonds is 10. The van der Waals surface area contributed by atoms with E-state index >= 15 is 0 Å². The van der Waals surface area contributed by atoms with Crippen LogP contribution < -0.4 is 5.32 Å². The third kappa shape index (κ3) is 6.69. The van der Waals surface area contributed by atoms with E-state index in [4.69, 9.17) is 16.3 Å². The minimum Gasteiger partial charge on any atom is -0.382 e. The maximum atomic E-state index is 13.2. The fourth-order valence-electron chi connectivity index (χ4n) is 2.15. The lowest BCUT2D eigenvalue weighted by Crippen LogP contribution is -2.32. The lowest BCUT2D eigenvalue weighted by molar-refractivity contribution is 0.140. The summed E-state index contributed by atoms with van der Waals surface area (Å²) in [7, 11) is 0. The van der Waals surface area contributed by atoms with Crippen LogP contribution in [0.1, 0.15) is 38.7 Å². The molecule has 2 nitrogen and oxygen atoms in total. The molecule has 0 radical (unpaired) electrons. The Bertz CT molecular complexity index is 387. The second-order valence-corrected chi connectivity index (χ2v) is 5.35. The highest BCUT2D eigenvalue weighted by Crippen LogP contribution is 2.18. The fraction of sp³-hybridized carbons (Fsp3) is 0.625. The second kappa shape index (κ2) is 10.1. The Hall–Kier alpha value is -0.640. The van der Waals surface area contributed by atoms with Crippen LogP contribution >= 0.6 is 11.6 Å². The van der Waals surface area contributed by atoms with Gasteiger partial charge in [-0.2, -0.15) is 0 Å². The van der Waals surface area contributed by atoms with Crippen LogP contribution in [0, 0.1) is 5.82 Å². The van der Waals surface area contributed by atoms with Crippen LogP contribution in [0.25, 0.3) is 0 Å². The van der Waals surface area contributed by atoms with Crippen molar-refractivity contribution in [1.82, 2.24) is 5.32 Å². The largest absolute Gasteiger partial charge is 0.382 e. The first-order valence-corrected chi connectivity index (χ1v) is 7.80. The van der Waals surface area contributed by atoms with Crippen molar-refractivity contribution in [2.24, 2.45) is 0 Å². The summed E-state index contributed by atoms with van der Waals surface area (Å²) in [5, 5.41) is 3.74. The number of ether oxygens (including phenoxy) is 1.